The Balaban J connectivity index is 1.90. The van der Waals surface area contributed by atoms with Crippen molar-refractivity contribution in [1.29, 1.82) is 0 Å². The zero-order chi connectivity index (χ0) is 18.7. The standard InChI is InChI=1S/C18H15F3N4O/c1-26-14-4-2-3-11(9-14)16-15(22)17(24-10-23-16)25-13-7-5-12(6-8-13)18(19,20)21/h2-10H,22H2,1H3,(H,23,24,25). The van der Waals surface area contributed by atoms with Gasteiger partial charge in [-0.05, 0) is 36.4 Å². The van der Waals surface area contributed by atoms with Gasteiger partial charge in [-0.15, -0.1) is 0 Å². The van der Waals surface area contributed by atoms with E-state index in [2.05, 4.69) is 15.3 Å². The van der Waals surface area contributed by atoms with Crippen LogP contribution in [0.5, 0.6) is 5.75 Å². The number of nitrogen functional groups attached to an aromatic ring is 1. The Morgan fingerprint density at radius 2 is 1.77 bits per heavy atom. The van der Waals surface area contributed by atoms with Crippen LogP contribution in [-0.2, 0) is 6.18 Å². The summed E-state index contributed by atoms with van der Waals surface area (Å²) in [6, 6.07) is 11.8. The van der Waals surface area contributed by atoms with E-state index in [9.17, 15) is 13.2 Å². The number of nitrogens with one attached hydrogen (secondary N) is 1. The minimum absolute atomic E-state index is 0.278. The maximum absolute atomic E-state index is 12.6. The number of halogens is 3. The highest BCUT2D eigenvalue weighted by molar-refractivity contribution is 5.82. The Hall–Kier alpha value is -3.29. The Kier molecular flexibility index (Phi) is 4.66. The van der Waals surface area contributed by atoms with Crippen molar-refractivity contribution in [2.45, 2.75) is 6.18 Å². The van der Waals surface area contributed by atoms with E-state index >= 15 is 0 Å². The molecule has 1 heterocycles. The normalized spacial score (nSPS) is 11.2. The van der Waals surface area contributed by atoms with Gasteiger partial charge >= 0.3 is 6.18 Å². The number of ether oxygens (including phenoxy) is 1. The van der Waals surface area contributed by atoms with Crippen LogP contribution >= 0.6 is 0 Å². The van der Waals surface area contributed by atoms with E-state index in [1.165, 1.54) is 18.5 Å². The van der Waals surface area contributed by atoms with Crippen molar-refractivity contribution in [1.82, 2.24) is 9.97 Å². The summed E-state index contributed by atoms with van der Waals surface area (Å²) >= 11 is 0. The molecule has 0 saturated carbocycles. The van der Waals surface area contributed by atoms with E-state index in [1.54, 1.807) is 25.3 Å². The average Bonchev–Trinajstić information content (AvgIpc) is 2.63. The van der Waals surface area contributed by atoms with Crippen molar-refractivity contribution in [2.24, 2.45) is 0 Å². The molecule has 3 aromatic rings. The second-order valence-corrected chi connectivity index (χ2v) is 5.42. The van der Waals surface area contributed by atoms with E-state index in [-0.39, 0.29) is 5.69 Å². The lowest BCUT2D eigenvalue weighted by atomic mass is 10.1. The van der Waals surface area contributed by atoms with Crippen LogP contribution in [0.25, 0.3) is 11.3 Å². The van der Waals surface area contributed by atoms with Crippen LogP contribution in [0.1, 0.15) is 5.56 Å². The third-order valence-electron chi connectivity index (χ3n) is 3.70. The number of nitrogens with zero attached hydrogens (tertiary/aromatic N) is 2. The first-order valence-corrected chi connectivity index (χ1v) is 7.57. The molecule has 0 unspecified atom stereocenters. The topological polar surface area (TPSA) is 73.1 Å². The molecule has 26 heavy (non-hydrogen) atoms. The lowest BCUT2D eigenvalue weighted by molar-refractivity contribution is -0.137. The predicted octanol–water partition coefficient (Wildman–Crippen LogP) is 4.50. The summed E-state index contributed by atoms with van der Waals surface area (Å²) in [4.78, 5) is 8.26. The molecule has 3 N–H and O–H groups in total. The van der Waals surface area contributed by atoms with Crippen molar-refractivity contribution in [3.8, 4) is 17.0 Å². The zero-order valence-corrected chi connectivity index (χ0v) is 13.7. The van der Waals surface area contributed by atoms with Gasteiger partial charge in [-0.1, -0.05) is 12.1 Å². The number of methoxy groups -OCH3 is 1. The van der Waals surface area contributed by atoms with Crippen LogP contribution in [0.15, 0.2) is 54.9 Å². The summed E-state index contributed by atoms with van der Waals surface area (Å²) < 4.78 is 43.1. The van der Waals surface area contributed by atoms with E-state index in [4.69, 9.17) is 10.5 Å². The minimum atomic E-state index is -4.38. The molecular formula is C18H15F3N4O. The van der Waals surface area contributed by atoms with Gasteiger partial charge < -0.3 is 15.8 Å². The Bertz CT molecular complexity index is 911. The highest BCUT2D eigenvalue weighted by Gasteiger charge is 2.29. The molecule has 2 aromatic carbocycles. The largest absolute Gasteiger partial charge is 0.497 e. The van der Waals surface area contributed by atoms with Crippen molar-refractivity contribution in [2.75, 3.05) is 18.2 Å². The van der Waals surface area contributed by atoms with E-state index in [1.807, 2.05) is 6.07 Å². The number of hydrogen-bond acceptors (Lipinski definition) is 5. The van der Waals surface area contributed by atoms with Crippen LogP contribution < -0.4 is 15.8 Å². The van der Waals surface area contributed by atoms with Gasteiger partial charge in [-0.25, -0.2) is 9.97 Å². The molecule has 5 nitrogen and oxygen atoms in total. The third kappa shape index (κ3) is 3.69. The fourth-order valence-corrected chi connectivity index (χ4v) is 2.37. The summed E-state index contributed by atoms with van der Waals surface area (Å²) in [6.45, 7) is 0. The summed E-state index contributed by atoms with van der Waals surface area (Å²) in [5.74, 6) is 0.954. The smallest absolute Gasteiger partial charge is 0.416 e. The highest BCUT2D eigenvalue weighted by Crippen LogP contribution is 2.33. The van der Waals surface area contributed by atoms with Gasteiger partial charge in [0.05, 0.1) is 18.4 Å². The second kappa shape index (κ2) is 6.91. The lowest BCUT2D eigenvalue weighted by Crippen LogP contribution is -2.05. The second-order valence-electron chi connectivity index (χ2n) is 5.42. The average molecular weight is 360 g/mol. The van der Waals surface area contributed by atoms with E-state index < -0.39 is 11.7 Å². The molecular weight excluding hydrogens is 345 g/mol. The maximum atomic E-state index is 12.6. The summed E-state index contributed by atoms with van der Waals surface area (Å²) in [5.41, 5.74) is 7.36. The molecule has 134 valence electrons. The monoisotopic (exact) mass is 360 g/mol. The number of benzene rings is 2. The van der Waals surface area contributed by atoms with Gasteiger partial charge in [0.25, 0.3) is 0 Å². The van der Waals surface area contributed by atoms with Crippen LogP contribution in [0.2, 0.25) is 0 Å². The molecule has 1 aromatic heterocycles. The molecule has 0 aliphatic heterocycles. The molecule has 0 radical (unpaired) electrons. The maximum Gasteiger partial charge on any atom is 0.416 e. The van der Waals surface area contributed by atoms with Crippen LogP contribution in [0.3, 0.4) is 0 Å². The number of anilines is 3. The molecule has 0 aliphatic rings. The first-order valence-electron chi connectivity index (χ1n) is 7.57. The molecule has 0 spiro atoms. The van der Waals surface area contributed by atoms with Crippen molar-refractivity contribution < 1.29 is 17.9 Å². The van der Waals surface area contributed by atoms with Gasteiger partial charge in [0.15, 0.2) is 5.82 Å². The Morgan fingerprint density at radius 1 is 1.04 bits per heavy atom. The van der Waals surface area contributed by atoms with Crippen molar-refractivity contribution >= 4 is 17.2 Å². The summed E-state index contributed by atoms with van der Waals surface area (Å²) in [7, 11) is 1.56. The quantitative estimate of drug-likeness (QED) is 0.717. The zero-order valence-electron chi connectivity index (χ0n) is 13.7. The third-order valence-corrected chi connectivity index (χ3v) is 3.70. The van der Waals surface area contributed by atoms with Crippen LogP contribution in [0, 0.1) is 0 Å². The Labute approximate surface area is 147 Å². The number of rotatable bonds is 4. The molecule has 0 amide bonds. The number of aromatic nitrogens is 2. The first-order chi connectivity index (χ1) is 12.4. The molecule has 0 bridgehead atoms. The van der Waals surface area contributed by atoms with Gasteiger partial charge in [-0.2, -0.15) is 13.2 Å². The van der Waals surface area contributed by atoms with Gasteiger partial charge in [-0.3, -0.25) is 0 Å². The van der Waals surface area contributed by atoms with Crippen molar-refractivity contribution in [3.63, 3.8) is 0 Å². The molecule has 8 heteroatoms. The van der Waals surface area contributed by atoms with Gasteiger partial charge in [0.2, 0.25) is 0 Å². The fourth-order valence-electron chi connectivity index (χ4n) is 2.37. The molecule has 0 saturated heterocycles. The van der Waals surface area contributed by atoms with Crippen LogP contribution in [-0.4, -0.2) is 17.1 Å². The molecule has 0 fully saturated rings. The lowest BCUT2D eigenvalue weighted by Gasteiger charge is -2.13. The molecule has 3 rings (SSSR count). The molecule has 0 atom stereocenters. The Morgan fingerprint density at radius 3 is 2.42 bits per heavy atom. The minimum Gasteiger partial charge on any atom is -0.497 e. The summed E-state index contributed by atoms with van der Waals surface area (Å²) in [6.07, 6.45) is -3.05. The van der Waals surface area contributed by atoms with Crippen LogP contribution in [0.4, 0.5) is 30.4 Å². The van der Waals surface area contributed by atoms with Gasteiger partial charge in [0, 0.05) is 11.3 Å². The van der Waals surface area contributed by atoms with E-state index in [0.29, 0.717) is 22.9 Å². The fraction of sp³-hybridized carbons (Fsp3) is 0.111. The summed E-state index contributed by atoms with van der Waals surface area (Å²) in [5, 5.41) is 2.91. The SMILES string of the molecule is COc1cccc(-c2ncnc(Nc3ccc(C(F)(F)F)cc3)c2N)c1. The van der Waals surface area contributed by atoms with Crippen molar-refractivity contribution in [3.05, 3.63) is 60.4 Å². The number of alkyl halides is 3. The highest BCUT2D eigenvalue weighted by atomic mass is 19.4. The first kappa shape index (κ1) is 17.5. The van der Waals surface area contributed by atoms with E-state index in [0.717, 1.165) is 17.7 Å². The number of hydrogen-bond donors (Lipinski definition) is 2. The van der Waals surface area contributed by atoms with Gasteiger partial charge in [0.1, 0.15) is 17.8 Å². The molecule has 0 aliphatic carbocycles. The predicted molar refractivity (Wildman–Crippen MR) is 93.2 cm³/mol. The number of nitrogens with two attached hydrogens (primary N) is 1.